The number of ether oxygens (including phenoxy) is 1. The minimum atomic E-state index is -0.379. The molecule has 0 bridgehead atoms. The van der Waals surface area contributed by atoms with Crippen LogP contribution in [0.25, 0.3) is 33.5 Å². The molecule has 0 saturated heterocycles. The fourth-order valence-corrected chi connectivity index (χ4v) is 4.56. The van der Waals surface area contributed by atoms with Crippen molar-refractivity contribution in [2.24, 2.45) is 0 Å². The topological polar surface area (TPSA) is 97.0 Å². The predicted octanol–water partition coefficient (Wildman–Crippen LogP) is 6.94. The van der Waals surface area contributed by atoms with Crippen molar-refractivity contribution in [3.05, 3.63) is 101 Å². The van der Waals surface area contributed by atoms with Gasteiger partial charge in [0, 0.05) is 27.9 Å². The largest absolute Gasteiger partial charge is 0.465 e. The fraction of sp³-hybridized carbons (Fsp3) is 0.188. The number of benzene rings is 3. The number of carbonyl (C=O) groups is 2. The van der Waals surface area contributed by atoms with E-state index in [1.165, 1.54) is 19.0 Å². The summed E-state index contributed by atoms with van der Waals surface area (Å²) in [6, 6.07) is 22.7. The Morgan fingerprint density at radius 2 is 1.59 bits per heavy atom. The van der Waals surface area contributed by atoms with Crippen molar-refractivity contribution >= 4 is 28.6 Å². The summed E-state index contributed by atoms with van der Waals surface area (Å²) in [5.41, 5.74) is 8.02. The van der Waals surface area contributed by atoms with Crippen LogP contribution in [-0.2, 0) is 10.2 Å². The number of methoxy groups -OCH3 is 1. The van der Waals surface area contributed by atoms with Crippen molar-refractivity contribution in [1.82, 2.24) is 15.0 Å². The summed E-state index contributed by atoms with van der Waals surface area (Å²) in [7, 11) is 1.36. The van der Waals surface area contributed by atoms with E-state index in [2.05, 4.69) is 41.0 Å². The van der Waals surface area contributed by atoms with Gasteiger partial charge in [-0.3, -0.25) is 4.79 Å². The monoisotopic (exact) mass is 518 g/mol. The van der Waals surface area contributed by atoms with E-state index in [-0.39, 0.29) is 17.3 Å². The Morgan fingerprint density at radius 3 is 2.26 bits per heavy atom. The molecule has 3 aromatic carbocycles. The number of aromatic nitrogens is 3. The van der Waals surface area contributed by atoms with Gasteiger partial charge in [-0.1, -0.05) is 57.2 Å². The third-order valence-corrected chi connectivity index (χ3v) is 6.89. The molecule has 196 valence electrons. The van der Waals surface area contributed by atoms with Gasteiger partial charge in [0.15, 0.2) is 0 Å². The van der Waals surface area contributed by atoms with Crippen molar-refractivity contribution < 1.29 is 14.3 Å². The van der Waals surface area contributed by atoms with Crippen LogP contribution in [0.1, 0.15) is 52.6 Å². The van der Waals surface area contributed by atoms with E-state index in [4.69, 9.17) is 4.74 Å². The number of fused-ring (bicyclic) bond motifs is 1. The van der Waals surface area contributed by atoms with E-state index in [0.29, 0.717) is 16.8 Å². The number of nitrogens with one attached hydrogen (secondary N) is 2. The average molecular weight is 519 g/mol. The Balaban J connectivity index is 1.45. The maximum atomic E-state index is 13.1. The first-order valence-corrected chi connectivity index (χ1v) is 12.7. The van der Waals surface area contributed by atoms with Gasteiger partial charge in [0.2, 0.25) is 0 Å². The van der Waals surface area contributed by atoms with Crippen LogP contribution < -0.4 is 5.32 Å². The van der Waals surface area contributed by atoms with Gasteiger partial charge in [0.05, 0.1) is 18.4 Å². The minimum absolute atomic E-state index is 0.0212. The van der Waals surface area contributed by atoms with Crippen LogP contribution in [0.3, 0.4) is 0 Å². The summed E-state index contributed by atoms with van der Waals surface area (Å²) in [5.74, 6) is -0.543. The Labute approximate surface area is 227 Å². The van der Waals surface area contributed by atoms with Gasteiger partial charge in [-0.05, 0) is 65.4 Å². The highest BCUT2D eigenvalue weighted by atomic mass is 16.5. The van der Waals surface area contributed by atoms with E-state index in [1.54, 1.807) is 12.1 Å². The van der Waals surface area contributed by atoms with E-state index >= 15 is 0 Å². The van der Waals surface area contributed by atoms with E-state index in [1.807, 2.05) is 67.6 Å². The quantitative estimate of drug-likeness (QED) is 0.246. The number of amides is 1. The molecule has 0 unspecified atom stereocenters. The molecular weight excluding hydrogens is 488 g/mol. The molecule has 7 heteroatoms. The number of aromatic amines is 1. The second-order valence-electron chi connectivity index (χ2n) is 10.5. The summed E-state index contributed by atoms with van der Waals surface area (Å²) in [4.78, 5) is 37.2. The minimum Gasteiger partial charge on any atom is -0.465 e. The molecule has 1 amide bonds. The SMILES string of the molecule is COC(=O)c1ccc(-c2cc3c(-c4cccc(NC(=O)c5ccc(C(C)(C)C)cc5)c4C)ncnc3[nH]2)cc1. The van der Waals surface area contributed by atoms with Crippen LogP contribution in [-0.4, -0.2) is 33.9 Å². The van der Waals surface area contributed by atoms with Crippen molar-refractivity contribution in [1.29, 1.82) is 0 Å². The smallest absolute Gasteiger partial charge is 0.337 e. The van der Waals surface area contributed by atoms with E-state index in [0.717, 1.165) is 39.2 Å². The molecule has 0 atom stereocenters. The lowest BCUT2D eigenvalue weighted by atomic mass is 9.86. The summed E-state index contributed by atoms with van der Waals surface area (Å²) < 4.78 is 4.79. The van der Waals surface area contributed by atoms with Gasteiger partial charge in [-0.15, -0.1) is 0 Å². The maximum absolute atomic E-state index is 13.1. The normalized spacial score (nSPS) is 11.4. The molecule has 0 aliphatic heterocycles. The number of H-pyrrole nitrogens is 1. The molecule has 0 aliphatic rings. The van der Waals surface area contributed by atoms with Crippen LogP contribution in [0.15, 0.2) is 79.1 Å². The average Bonchev–Trinajstić information content (AvgIpc) is 3.38. The standard InChI is InChI=1S/C32H30N4O3/c1-19-24(7-6-8-26(19)36-30(37)21-13-15-23(16-14-21)32(2,3)4)28-25-17-27(35-29(25)34-18-33-28)20-9-11-22(12-10-20)31(38)39-5/h6-18H,1-5H3,(H,36,37)(H,33,34,35). The van der Waals surface area contributed by atoms with Gasteiger partial charge in [0.25, 0.3) is 5.91 Å². The third-order valence-electron chi connectivity index (χ3n) is 6.89. The summed E-state index contributed by atoms with van der Waals surface area (Å²) in [6.07, 6.45) is 1.53. The highest BCUT2D eigenvalue weighted by Gasteiger charge is 2.17. The molecule has 0 spiro atoms. The molecule has 5 rings (SSSR count). The Kier molecular flexibility index (Phi) is 6.74. The Hall–Kier alpha value is -4.78. The highest BCUT2D eigenvalue weighted by Crippen LogP contribution is 2.34. The Morgan fingerprint density at radius 1 is 0.897 bits per heavy atom. The van der Waals surface area contributed by atoms with Crippen LogP contribution in [0, 0.1) is 6.92 Å². The molecule has 0 fully saturated rings. The van der Waals surface area contributed by atoms with E-state index in [9.17, 15) is 9.59 Å². The molecule has 7 nitrogen and oxygen atoms in total. The molecule has 5 aromatic rings. The molecule has 0 radical (unpaired) electrons. The first-order valence-electron chi connectivity index (χ1n) is 12.7. The molecule has 2 N–H and O–H groups in total. The predicted molar refractivity (Wildman–Crippen MR) is 154 cm³/mol. The Bertz CT molecular complexity index is 1680. The van der Waals surface area contributed by atoms with Crippen LogP contribution >= 0.6 is 0 Å². The first kappa shape index (κ1) is 25.9. The number of hydrogen-bond donors (Lipinski definition) is 2. The van der Waals surface area contributed by atoms with Gasteiger partial charge >= 0.3 is 5.97 Å². The zero-order valence-corrected chi connectivity index (χ0v) is 22.6. The van der Waals surface area contributed by atoms with Crippen LogP contribution in [0.2, 0.25) is 0 Å². The summed E-state index contributed by atoms with van der Waals surface area (Å²) in [6.45, 7) is 8.42. The number of hydrogen-bond acceptors (Lipinski definition) is 5. The van der Waals surface area contributed by atoms with Crippen molar-refractivity contribution in [2.75, 3.05) is 12.4 Å². The third kappa shape index (κ3) is 5.16. The molecule has 39 heavy (non-hydrogen) atoms. The van der Waals surface area contributed by atoms with Crippen molar-refractivity contribution in [2.45, 2.75) is 33.1 Å². The number of anilines is 1. The number of nitrogens with zero attached hydrogens (tertiary/aromatic N) is 2. The van der Waals surface area contributed by atoms with Crippen molar-refractivity contribution in [3.8, 4) is 22.5 Å². The van der Waals surface area contributed by atoms with Gasteiger partial charge in [0.1, 0.15) is 12.0 Å². The lowest BCUT2D eigenvalue weighted by Crippen LogP contribution is -2.15. The highest BCUT2D eigenvalue weighted by molar-refractivity contribution is 6.05. The second kappa shape index (κ2) is 10.2. The van der Waals surface area contributed by atoms with Gasteiger partial charge in [-0.25, -0.2) is 14.8 Å². The van der Waals surface area contributed by atoms with Gasteiger partial charge < -0.3 is 15.0 Å². The summed E-state index contributed by atoms with van der Waals surface area (Å²) in [5, 5.41) is 3.92. The zero-order chi connectivity index (χ0) is 27.7. The number of carbonyl (C=O) groups excluding carboxylic acids is 2. The van der Waals surface area contributed by atoms with Gasteiger partial charge in [-0.2, -0.15) is 0 Å². The molecule has 2 heterocycles. The molecule has 0 aliphatic carbocycles. The number of rotatable bonds is 5. The lowest BCUT2D eigenvalue weighted by Gasteiger charge is -2.19. The zero-order valence-electron chi connectivity index (χ0n) is 22.6. The van der Waals surface area contributed by atoms with Crippen molar-refractivity contribution in [3.63, 3.8) is 0 Å². The van der Waals surface area contributed by atoms with Crippen LogP contribution in [0.4, 0.5) is 5.69 Å². The molecule has 0 saturated carbocycles. The second-order valence-corrected chi connectivity index (χ2v) is 10.5. The summed E-state index contributed by atoms with van der Waals surface area (Å²) >= 11 is 0. The lowest BCUT2D eigenvalue weighted by molar-refractivity contribution is 0.0600. The maximum Gasteiger partial charge on any atom is 0.337 e. The van der Waals surface area contributed by atoms with Crippen LogP contribution in [0.5, 0.6) is 0 Å². The molecule has 2 aromatic heterocycles. The molecular formula is C32H30N4O3. The first-order chi connectivity index (χ1) is 18.7. The fourth-order valence-electron chi connectivity index (χ4n) is 4.56. The van der Waals surface area contributed by atoms with E-state index < -0.39 is 0 Å². The number of esters is 1.